The number of nitrogens with one attached hydrogen (secondary N) is 1. The first-order valence-electron chi connectivity index (χ1n) is 12.2. The van der Waals surface area contributed by atoms with Gasteiger partial charge in [0.1, 0.15) is 9.84 Å². The van der Waals surface area contributed by atoms with Gasteiger partial charge in [-0.25, -0.2) is 8.42 Å². The molecular weight excluding hydrogens is 498 g/mol. The van der Waals surface area contributed by atoms with Crippen molar-refractivity contribution in [2.24, 2.45) is 0 Å². The number of fused-ring (bicyclic) bond motifs is 1. The molecule has 0 aliphatic carbocycles. The number of ether oxygens (including phenoxy) is 3. The Morgan fingerprint density at radius 2 is 1.92 bits per heavy atom. The van der Waals surface area contributed by atoms with Crippen LogP contribution in [0.4, 0.5) is 5.69 Å². The van der Waals surface area contributed by atoms with Crippen LogP contribution in [-0.4, -0.2) is 88.6 Å². The fraction of sp³-hybridized carbons (Fsp3) is 0.462. The molecule has 0 saturated carbocycles. The second-order valence-corrected chi connectivity index (χ2v) is 11.3. The molecule has 0 spiro atoms. The summed E-state index contributed by atoms with van der Waals surface area (Å²) in [4.78, 5) is 30.0. The molecule has 10 nitrogen and oxygen atoms in total. The monoisotopic (exact) mass is 531 g/mol. The lowest BCUT2D eigenvalue weighted by Crippen LogP contribution is -2.41. The summed E-state index contributed by atoms with van der Waals surface area (Å²) in [5.74, 6) is 0.181. The van der Waals surface area contributed by atoms with Crippen LogP contribution in [0.15, 0.2) is 36.4 Å². The summed E-state index contributed by atoms with van der Waals surface area (Å²) in [7, 11) is -1.93. The number of carbonyl (C=O) groups is 2. The molecule has 0 unspecified atom stereocenters. The van der Waals surface area contributed by atoms with Gasteiger partial charge in [-0.05, 0) is 36.2 Å². The third-order valence-corrected chi connectivity index (χ3v) is 7.34. The summed E-state index contributed by atoms with van der Waals surface area (Å²) >= 11 is 0. The number of benzene rings is 2. The first kappa shape index (κ1) is 26.9. The third kappa shape index (κ3) is 6.41. The Morgan fingerprint density at radius 1 is 1.16 bits per heavy atom. The van der Waals surface area contributed by atoms with Crippen molar-refractivity contribution in [3.8, 4) is 11.5 Å². The molecule has 1 saturated heterocycles. The predicted octanol–water partition coefficient (Wildman–Crippen LogP) is 2.11. The van der Waals surface area contributed by atoms with Crippen molar-refractivity contribution in [2.45, 2.75) is 19.5 Å². The summed E-state index contributed by atoms with van der Waals surface area (Å²) in [5.41, 5.74) is 2.15. The Hall–Kier alpha value is -3.15. The van der Waals surface area contributed by atoms with Gasteiger partial charge in [0.25, 0.3) is 5.91 Å². The van der Waals surface area contributed by atoms with Crippen molar-refractivity contribution in [2.75, 3.05) is 63.9 Å². The van der Waals surface area contributed by atoms with Crippen LogP contribution >= 0.6 is 0 Å². The summed E-state index contributed by atoms with van der Waals surface area (Å²) in [6.07, 6.45) is 1.15. The number of rotatable bonds is 10. The van der Waals surface area contributed by atoms with E-state index in [0.29, 0.717) is 61.2 Å². The van der Waals surface area contributed by atoms with E-state index in [9.17, 15) is 18.0 Å². The van der Waals surface area contributed by atoms with Gasteiger partial charge in [0.2, 0.25) is 5.91 Å². The van der Waals surface area contributed by atoms with Crippen LogP contribution in [0.3, 0.4) is 0 Å². The lowest BCUT2D eigenvalue weighted by Gasteiger charge is -2.28. The van der Waals surface area contributed by atoms with Crippen LogP contribution in [0.2, 0.25) is 0 Å². The maximum Gasteiger partial charge on any atom is 0.257 e. The van der Waals surface area contributed by atoms with E-state index in [-0.39, 0.29) is 30.7 Å². The topological polar surface area (TPSA) is 114 Å². The molecule has 2 heterocycles. The molecule has 4 rings (SSSR count). The fourth-order valence-electron chi connectivity index (χ4n) is 4.71. The largest absolute Gasteiger partial charge is 0.493 e. The van der Waals surface area contributed by atoms with Crippen LogP contribution in [0, 0.1) is 0 Å². The van der Waals surface area contributed by atoms with Gasteiger partial charge in [-0.2, -0.15) is 0 Å². The minimum atomic E-state index is -3.46. The normalized spacial score (nSPS) is 16.8. The SMILES string of the molecule is CCOc1cc([C@@H](CS(C)(=O)=O)N2Cc3cccc(NC(=O)CN4CCOCC4)c3C2=O)ccc1OC. The zero-order chi connectivity index (χ0) is 26.6. The Kier molecular flexibility index (Phi) is 8.35. The molecule has 2 aliphatic rings. The molecule has 2 amide bonds. The van der Waals surface area contributed by atoms with Gasteiger partial charge in [0, 0.05) is 25.9 Å². The van der Waals surface area contributed by atoms with Crippen molar-refractivity contribution in [3.63, 3.8) is 0 Å². The number of nitrogens with zero attached hydrogens (tertiary/aromatic N) is 2. The molecule has 2 aromatic carbocycles. The molecule has 0 aromatic heterocycles. The molecule has 200 valence electrons. The highest BCUT2D eigenvalue weighted by Crippen LogP contribution is 2.38. The van der Waals surface area contributed by atoms with E-state index in [0.717, 1.165) is 11.8 Å². The van der Waals surface area contributed by atoms with Crippen molar-refractivity contribution in [1.29, 1.82) is 0 Å². The Balaban J connectivity index is 1.62. The van der Waals surface area contributed by atoms with E-state index >= 15 is 0 Å². The Bertz CT molecular complexity index is 1260. The van der Waals surface area contributed by atoms with Gasteiger partial charge >= 0.3 is 0 Å². The highest BCUT2D eigenvalue weighted by Gasteiger charge is 2.37. The highest BCUT2D eigenvalue weighted by atomic mass is 32.2. The summed E-state index contributed by atoms with van der Waals surface area (Å²) < 4.78 is 41.2. The molecule has 2 aliphatic heterocycles. The smallest absolute Gasteiger partial charge is 0.257 e. The quantitative estimate of drug-likeness (QED) is 0.496. The standard InChI is InChI=1S/C26H33N3O7S/c1-4-36-23-14-18(8-9-22(23)34-2)21(17-37(3,32)33)29-15-19-6-5-7-20(25(19)26(29)31)27-24(30)16-28-10-12-35-13-11-28/h5-9,14,21H,4,10-13,15-17H2,1-3H3,(H,27,30)/t21-/m1/s1. The first-order valence-corrected chi connectivity index (χ1v) is 14.3. The van der Waals surface area contributed by atoms with E-state index in [1.807, 2.05) is 17.9 Å². The Labute approximate surface area is 217 Å². The third-order valence-electron chi connectivity index (χ3n) is 6.42. The molecule has 0 radical (unpaired) electrons. The van der Waals surface area contributed by atoms with E-state index in [1.54, 1.807) is 35.2 Å². The fourth-order valence-corrected chi connectivity index (χ4v) is 5.66. The van der Waals surface area contributed by atoms with E-state index in [2.05, 4.69) is 5.32 Å². The molecular formula is C26H33N3O7S. The zero-order valence-corrected chi connectivity index (χ0v) is 22.2. The van der Waals surface area contributed by atoms with Crippen LogP contribution in [0.5, 0.6) is 11.5 Å². The average molecular weight is 532 g/mol. The zero-order valence-electron chi connectivity index (χ0n) is 21.4. The minimum absolute atomic E-state index is 0.202. The molecule has 1 N–H and O–H groups in total. The minimum Gasteiger partial charge on any atom is -0.493 e. The molecule has 0 bridgehead atoms. The van der Waals surface area contributed by atoms with Crippen molar-refractivity contribution in [1.82, 2.24) is 9.80 Å². The molecule has 2 aromatic rings. The van der Waals surface area contributed by atoms with Crippen LogP contribution < -0.4 is 14.8 Å². The predicted molar refractivity (Wildman–Crippen MR) is 139 cm³/mol. The van der Waals surface area contributed by atoms with Gasteiger partial charge in [0.05, 0.1) is 56.5 Å². The van der Waals surface area contributed by atoms with Crippen LogP contribution in [0.25, 0.3) is 0 Å². The number of carbonyl (C=O) groups excluding carboxylic acids is 2. The van der Waals surface area contributed by atoms with Crippen molar-refractivity contribution in [3.05, 3.63) is 53.1 Å². The van der Waals surface area contributed by atoms with Crippen molar-refractivity contribution >= 4 is 27.3 Å². The number of anilines is 1. The number of hydrogen-bond acceptors (Lipinski definition) is 8. The second kappa shape index (κ2) is 11.5. The number of morpholine rings is 1. The molecule has 37 heavy (non-hydrogen) atoms. The lowest BCUT2D eigenvalue weighted by molar-refractivity contribution is -0.118. The number of amides is 2. The maximum atomic E-state index is 13.7. The molecule has 1 atom stereocenters. The number of hydrogen-bond donors (Lipinski definition) is 1. The summed E-state index contributed by atoms with van der Waals surface area (Å²) in [5, 5.41) is 2.88. The first-order chi connectivity index (χ1) is 17.7. The number of methoxy groups -OCH3 is 1. The number of sulfone groups is 1. The lowest BCUT2D eigenvalue weighted by atomic mass is 10.1. The van der Waals surface area contributed by atoms with Crippen LogP contribution in [-0.2, 0) is 25.9 Å². The summed E-state index contributed by atoms with van der Waals surface area (Å²) in [6, 6.07) is 9.73. The second-order valence-electron chi connectivity index (χ2n) is 9.16. The van der Waals surface area contributed by atoms with E-state index in [1.165, 1.54) is 7.11 Å². The van der Waals surface area contributed by atoms with Gasteiger partial charge in [-0.15, -0.1) is 0 Å². The van der Waals surface area contributed by atoms with Gasteiger partial charge in [-0.3, -0.25) is 14.5 Å². The average Bonchev–Trinajstić information content (AvgIpc) is 3.20. The molecule has 1 fully saturated rings. The van der Waals surface area contributed by atoms with E-state index < -0.39 is 15.9 Å². The van der Waals surface area contributed by atoms with E-state index in [4.69, 9.17) is 14.2 Å². The Morgan fingerprint density at radius 3 is 2.59 bits per heavy atom. The summed E-state index contributed by atoms with van der Waals surface area (Å²) in [6.45, 7) is 5.18. The van der Waals surface area contributed by atoms with Crippen LogP contribution in [0.1, 0.15) is 34.5 Å². The van der Waals surface area contributed by atoms with Gasteiger partial charge in [0.15, 0.2) is 11.5 Å². The van der Waals surface area contributed by atoms with Crippen molar-refractivity contribution < 1.29 is 32.2 Å². The molecule has 11 heteroatoms. The van der Waals surface area contributed by atoms with Gasteiger partial charge in [-0.1, -0.05) is 18.2 Å². The van der Waals surface area contributed by atoms with Gasteiger partial charge < -0.3 is 24.4 Å². The maximum absolute atomic E-state index is 13.7. The highest BCUT2D eigenvalue weighted by molar-refractivity contribution is 7.90.